The Hall–Kier alpha value is -2.68. The summed E-state index contributed by atoms with van der Waals surface area (Å²) in [5.74, 6) is 1.10. The van der Waals surface area contributed by atoms with E-state index in [0.29, 0.717) is 41.0 Å². The molecule has 1 fully saturated rings. The molecule has 1 aliphatic heterocycles. The number of carbonyl (C=O) groups excluding carboxylic acids is 1. The average molecular weight is 436 g/mol. The van der Waals surface area contributed by atoms with E-state index >= 15 is 0 Å². The minimum Gasteiger partial charge on any atom is -0.497 e. The molecule has 0 spiro atoms. The highest BCUT2D eigenvalue weighted by Crippen LogP contribution is 2.31. The van der Waals surface area contributed by atoms with E-state index in [9.17, 15) is 9.90 Å². The summed E-state index contributed by atoms with van der Waals surface area (Å²) in [6.45, 7) is 2.70. The zero-order valence-electron chi connectivity index (χ0n) is 17.0. The van der Waals surface area contributed by atoms with Crippen LogP contribution in [0.5, 0.6) is 11.5 Å². The number of rotatable bonds is 7. The number of carbonyl (C=O) groups is 1. The predicted molar refractivity (Wildman–Crippen MR) is 116 cm³/mol. The molecule has 162 valence electrons. The van der Waals surface area contributed by atoms with E-state index in [1.165, 1.54) is 7.11 Å². The molecule has 1 atom stereocenters. The molecule has 0 bridgehead atoms. The molecule has 2 aromatic carbocycles. The molecular weight excluding hydrogens is 410 g/mol. The summed E-state index contributed by atoms with van der Waals surface area (Å²) in [7, 11) is 3.06. The van der Waals surface area contributed by atoms with E-state index in [4.69, 9.17) is 25.8 Å². The maximum Gasteiger partial charge on any atom is 0.319 e. The fourth-order valence-electron chi connectivity index (χ4n) is 3.25. The number of ether oxygens (including phenoxy) is 3. The summed E-state index contributed by atoms with van der Waals surface area (Å²) in [4.78, 5) is 14.6. The average Bonchev–Trinajstić information content (AvgIpc) is 2.77. The second-order valence-corrected chi connectivity index (χ2v) is 7.16. The second kappa shape index (κ2) is 10.4. The number of nitrogens with one attached hydrogen (secondary N) is 2. The van der Waals surface area contributed by atoms with Gasteiger partial charge in [0, 0.05) is 30.2 Å². The van der Waals surface area contributed by atoms with E-state index in [-0.39, 0.29) is 6.54 Å². The van der Waals surface area contributed by atoms with E-state index in [0.717, 1.165) is 18.8 Å². The van der Waals surface area contributed by atoms with Gasteiger partial charge in [-0.25, -0.2) is 4.79 Å². The second-order valence-electron chi connectivity index (χ2n) is 6.72. The first-order chi connectivity index (χ1) is 14.5. The van der Waals surface area contributed by atoms with Crippen LogP contribution < -0.4 is 25.0 Å². The Morgan fingerprint density at radius 1 is 1.20 bits per heavy atom. The van der Waals surface area contributed by atoms with Gasteiger partial charge in [-0.1, -0.05) is 11.6 Å². The van der Waals surface area contributed by atoms with Gasteiger partial charge >= 0.3 is 6.03 Å². The third kappa shape index (κ3) is 5.47. The summed E-state index contributed by atoms with van der Waals surface area (Å²) in [6.07, 6.45) is -0.973. The molecule has 3 N–H and O–H groups in total. The lowest BCUT2D eigenvalue weighted by Crippen LogP contribution is -2.37. The number of benzene rings is 2. The summed E-state index contributed by atoms with van der Waals surface area (Å²) in [5.41, 5.74) is 1.98. The Morgan fingerprint density at radius 2 is 1.97 bits per heavy atom. The molecule has 2 amide bonds. The van der Waals surface area contributed by atoms with Gasteiger partial charge in [-0.05, 0) is 36.4 Å². The number of morpholine rings is 1. The van der Waals surface area contributed by atoms with Crippen molar-refractivity contribution in [1.82, 2.24) is 5.32 Å². The Balaban J connectivity index is 1.66. The van der Waals surface area contributed by atoms with Crippen LogP contribution in [0.3, 0.4) is 0 Å². The highest BCUT2D eigenvalue weighted by atomic mass is 35.5. The highest BCUT2D eigenvalue weighted by Gasteiger charge is 2.18. The van der Waals surface area contributed by atoms with Crippen molar-refractivity contribution in [3.63, 3.8) is 0 Å². The molecule has 1 aliphatic rings. The van der Waals surface area contributed by atoms with Gasteiger partial charge in [0.1, 0.15) is 17.6 Å². The van der Waals surface area contributed by atoms with Crippen LogP contribution in [-0.2, 0) is 4.74 Å². The lowest BCUT2D eigenvalue weighted by Gasteiger charge is -2.30. The van der Waals surface area contributed by atoms with Gasteiger partial charge in [0.25, 0.3) is 0 Å². The van der Waals surface area contributed by atoms with Crippen LogP contribution in [-0.4, -0.2) is 58.2 Å². The largest absolute Gasteiger partial charge is 0.497 e. The Bertz CT molecular complexity index is 874. The van der Waals surface area contributed by atoms with Crippen LogP contribution in [0.1, 0.15) is 11.7 Å². The highest BCUT2D eigenvalue weighted by molar-refractivity contribution is 6.31. The first-order valence-corrected chi connectivity index (χ1v) is 9.96. The fourth-order valence-corrected chi connectivity index (χ4v) is 3.43. The van der Waals surface area contributed by atoms with Gasteiger partial charge < -0.3 is 34.9 Å². The topological polar surface area (TPSA) is 92.3 Å². The van der Waals surface area contributed by atoms with Crippen molar-refractivity contribution >= 4 is 29.0 Å². The molecular formula is C21H26ClN3O5. The van der Waals surface area contributed by atoms with Crippen molar-refractivity contribution < 1.29 is 24.1 Å². The van der Waals surface area contributed by atoms with Crippen LogP contribution in [0, 0.1) is 0 Å². The van der Waals surface area contributed by atoms with E-state index < -0.39 is 12.1 Å². The Labute approximate surface area is 180 Å². The maximum absolute atomic E-state index is 12.5. The number of anilines is 2. The number of aliphatic hydroxyl groups is 1. The van der Waals surface area contributed by atoms with E-state index in [1.807, 2.05) is 6.07 Å². The van der Waals surface area contributed by atoms with Crippen molar-refractivity contribution in [3.05, 3.63) is 47.0 Å². The van der Waals surface area contributed by atoms with Crippen molar-refractivity contribution in [3.8, 4) is 11.5 Å². The van der Waals surface area contributed by atoms with Gasteiger partial charge in [0.15, 0.2) is 0 Å². The van der Waals surface area contributed by atoms with Crippen molar-refractivity contribution in [2.75, 3.05) is 57.3 Å². The predicted octanol–water partition coefficient (Wildman–Crippen LogP) is 3.05. The molecule has 30 heavy (non-hydrogen) atoms. The molecule has 1 unspecified atom stereocenters. The van der Waals surface area contributed by atoms with Gasteiger partial charge in [0.05, 0.1) is 38.8 Å². The standard InChI is InChI=1S/C21H26ClN3O5/c1-28-15-4-6-20(29-2)16(12-15)19(26)13-23-21(27)24-17-11-14(22)3-5-18(17)25-7-9-30-10-8-25/h3-6,11-12,19,26H,7-10,13H2,1-2H3,(H2,23,24,27). The van der Waals surface area contributed by atoms with E-state index in [1.54, 1.807) is 37.4 Å². The van der Waals surface area contributed by atoms with Gasteiger partial charge in [-0.15, -0.1) is 0 Å². The molecule has 9 heteroatoms. The first kappa shape index (κ1) is 22.0. The normalized spacial score (nSPS) is 14.7. The third-order valence-corrected chi connectivity index (χ3v) is 5.05. The first-order valence-electron chi connectivity index (χ1n) is 9.59. The summed E-state index contributed by atoms with van der Waals surface area (Å²) < 4.78 is 15.9. The van der Waals surface area contributed by atoms with Gasteiger partial charge in [-0.3, -0.25) is 0 Å². The lowest BCUT2D eigenvalue weighted by molar-refractivity contribution is 0.123. The van der Waals surface area contributed by atoms with Gasteiger partial charge in [0.2, 0.25) is 0 Å². The van der Waals surface area contributed by atoms with Crippen molar-refractivity contribution in [1.29, 1.82) is 0 Å². The number of nitrogens with zero attached hydrogens (tertiary/aromatic N) is 1. The van der Waals surface area contributed by atoms with Crippen LogP contribution >= 0.6 is 11.6 Å². The molecule has 0 aromatic heterocycles. The molecule has 2 aromatic rings. The molecule has 3 rings (SSSR count). The number of aliphatic hydroxyl groups excluding tert-OH is 1. The minimum atomic E-state index is -0.973. The molecule has 0 aliphatic carbocycles. The number of amides is 2. The summed E-state index contributed by atoms with van der Waals surface area (Å²) in [6, 6.07) is 10.0. The zero-order chi connectivity index (χ0) is 21.5. The van der Waals surface area contributed by atoms with Crippen LogP contribution in [0.15, 0.2) is 36.4 Å². The zero-order valence-corrected chi connectivity index (χ0v) is 17.7. The SMILES string of the molecule is COc1ccc(OC)c(C(O)CNC(=O)Nc2cc(Cl)ccc2N2CCOCC2)c1. The number of urea groups is 1. The number of halogens is 1. The summed E-state index contributed by atoms with van der Waals surface area (Å²) in [5, 5.41) is 16.6. The van der Waals surface area contributed by atoms with Gasteiger partial charge in [-0.2, -0.15) is 0 Å². The van der Waals surface area contributed by atoms with Crippen LogP contribution in [0.25, 0.3) is 0 Å². The lowest BCUT2D eigenvalue weighted by atomic mass is 10.1. The fraction of sp³-hybridized carbons (Fsp3) is 0.381. The van der Waals surface area contributed by atoms with Crippen LogP contribution in [0.4, 0.5) is 16.2 Å². The monoisotopic (exact) mass is 435 g/mol. The number of hydrogen-bond donors (Lipinski definition) is 3. The molecule has 1 saturated heterocycles. The molecule has 8 nitrogen and oxygen atoms in total. The number of hydrogen-bond acceptors (Lipinski definition) is 6. The van der Waals surface area contributed by atoms with E-state index in [2.05, 4.69) is 15.5 Å². The molecule has 1 heterocycles. The minimum absolute atomic E-state index is 0.0111. The van der Waals surface area contributed by atoms with Crippen LogP contribution in [0.2, 0.25) is 5.02 Å². The molecule has 0 radical (unpaired) electrons. The maximum atomic E-state index is 12.5. The smallest absolute Gasteiger partial charge is 0.319 e. The Morgan fingerprint density at radius 3 is 2.67 bits per heavy atom. The molecule has 0 saturated carbocycles. The van der Waals surface area contributed by atoms with Crippen molar-refractivity contribution in [2.24, 2.45) is 0 Å². The number of methoxy groups -OCH3 is 2. The Kier molecular flexibility index (Phi) is 7.62. The summed E-state index contributed by atoms with van der Waals surface area (Å²) >= 11 is 6.13. The quantitative estimate of drug-likeness (QED) is 0.619. The third-order valence-electron chi connectivity index (χ3n) is 4.81. The van der Waals surface area contributed by atoms with Crippen molar-refractivity contribution in [2.45, 2.75) is 6.10 Å².